The first kappa shape index (κ1) is 24.1. The molecule has 2 aromatic rings. The first-order valence-corrected chi connectivity index (χ1v) is 10.7. The van der Waals surface area contributed by atoms with Crippen molar-refractivity contribution >= 4 is 17.8 Å². The molecular weight excluding hydrogens is 428 g/mol. The normalized spacial score (nSPS) is 17.2. The van der Waals surface area contributed by atoms with E-state index in [1.54, 1.807) is 0 Å². The van der Waals surface area contributed by atoms with Crippen LogP contribution in [0.25, 0.3) is 11.1 Å². The van der Waals surface area contributed by atoms with E-state index in [1.807, 2.05) is 48.5 Å². The first-order chi connectivity index (χ1) is 15.9. The number of rotatable bonds is 11. The van der Waals surface area contributed by atoms with Crippen molar-refractivity contribution < 1.29 is 33.7 Å². The summed E-state index contributed by atoms with van der Waals surface area (Å²) in [5.41, 5.74) is 1.91. The molecule has 33 heavy (non-hydrogen) atoms. The molecule has 0 aromatic heterocycles. The second kappa shape index (κ2) is 11.9. The van der Waals surface area contributed by atoms with Crippen LogP contribution >= 0.6 is 0 Å². The monoisotopic (exact) mass is 456 g/mol. The van der Waals surface area contributed by atoms with Gasteiger partial charge < -0.3 is 30.0 Å². The molecule has 9 nitrogen and oxygen atoms in total. The third kappa shape index (κ3) is 7.50. The third-order valence-electron chi connectivity index (χ3n) is 5.13. The number of esters is 1. The Labute approximate surface area is 192 Å². The summed E-state index contributed by atoms with van der Waals surface area (Å²) in [4.78, 5) is 33.7. The van der Waals surface area contributed by atoms with Gasteiger partial charge in [0.1, 0.15) is 30.2 Å². The van der Waals surface area contributed by atoms with Crippen LogP contribution in [0.4, 0.5) is 0 Å². The maximum absolute atomic E-state index is 11.7. The molecule has 2 aromatic carbocycles. The van der Waals surface area contributed by atoms with Gasteiger partial charge in [0.05, 0.1) is 13.7 Å². The van der Waals surface area contributed by atoms with Gasteiger partial charge in [-0.2, -0.15) is 0 Å². The van der Waals surface area contributed by atoms with E-state index in [9.17, 15) is 14.4 Å². The zero-order valence-corrected chi connectivity index (χ0v) is 18.4. The number of amides is 1. The summed E-state index contributed by atoms with van der Waals surface area (Å²) in [6.07, 6.45) is 1.10. The lowest BCUT2D eigenvalue weighted by Crippen LogP contribution is -2.31. The van der Waals surface area contributed by atoms with E-state index >= 15 is 0 Å². The van der Waals surface area contributed by atoms with Crippen molar-refractivity contribution in [3.05, 3.63) is 48.5 Å². The SMILES string of the molecule is COC(=O)[C@@H]1C[C@@H](Oc2cccc(-c3cccc(OCCCC(=O)NCC(=O)O)c3)c2)CN1. The molecule has 0 spiro atoms. The summed E-state index contributed by atoms with van der Waals surface area (Å²) in [6, 6.07) is 15.0. The molecule has 2 atom stereocenters. The smallest absolute Gasteiger partial charge is 0.323 e. The number of carboxylic acid groups (broad SMARTS) is 1. The Balaban J connectivity index is 1.52. The van der Waals surface area contributed by atoms with Crippen molar-refractivity contribution in [2.24, 2.45) is 0 Å². The molecule has 1 amide bonds. The second-order valence-corrected chi connectivity index (χ2v) is 7.64. The van der Waals surface area contributed by atoms with Crippen LogP contribution in [0.1, 0.15) is 19.3 Å². The Morgan fingerprint density at radius 2 is 1.79 bits per heavy atom. The van der Waals surface area contributed by atoms with Gasteiger partial charge in [-0.05, 0) is 41.8 Å². The van der Waals surface area contributed by atoms with Gasteiger partial charge in [-0.3, -0.25) is 14.4 Å². The van der Waals surface area contributed by atoms with Crippen LogP contribution in [0.15, 0.2) is 48.5 Å². The molecule has 176 valence electrons. The Hall–Kier alpha value is -3.59. The standard InChI is InChI=1S/C24H28N2O7/c1-31-24(30)21-13-20(14-25-21)33-19-8-3-6-17(12-19)16-5-2-7-18(11-16)32-10-4-9-22(27)26-15-23(28)29/h2-3,5-8,11-12,20-21,25H,4,9-10,13-15H2,1H3,(H,26,27)(H,28,29)/t20-,21+/m1/s1. The Bertz CT molecular complexity index is 979. The minimum Gasteiger partial charge on any atom is -0.494 e. The Morgan fingerprint density at radius 1 is 1.09 bits per heavy atom. The predicted molar refractivity (Wildman–Crippen MR) is 120 cm³/mol. The largest absolute Gasteiger partial charge is 0.494 e. The van der Waals surface area contributed by atoms with Gasteiger partial charge in [-0.25, -0.2) is 0 Å². The molecule has 1 heterocycles. The lowest BCUT2D eigenvalue weighted by molar-refractivity contribution is -0.142. The number of carbonyl (C=O) groups is 3. The number of nitrogens with one attached hydrogen (secondary N) is 2. The molecular formula is C24H28N2O7. The number of carboxylic acids is 1. The van der Waals surface area contributed by atoms with Gasteiger partial charge in [0.2, 0.25) is 5.91 Å². The average Bonchev–Trinajstić information content (AvgIpc) is 3.29. The molecule has 1 aliphatic heterocycles. The van der Waals surface area contributed by atoms with Gasteiger partial charge in [0.15, 0.2) is 0 Å². The summed E-state index contributed by atoms with van der Waals surface area (Å²) < 4.78 is 16.6. The molecule has 1 aliphatic rings. The van der Waals surface area contributed by atoms with Crippen LogP contribution < -0.4 is 20.1 Å². The van der Waals surface area contributed by atoms with Crippen molar-refractivity contribution in [3.8, 4) is 22.6 Å². The highest BCUT2D eigenvalue weighted by atomic mass is 16.5. The maximum atomic E-state index is 11.7. The molecule has 0 radical (unpaired) electrons. The lowest BCUT2D eigenvalue weighted by Gasteiger charge is -2.14. The zero-order valence-electron chi connectivity index (χ0n) is 18.4. The van der Waals surface area contributed by atoms with Crippen LogP contribution in [-0.4, -0.2) is 61.9 Å². The molecule has 3 N–H and O–H groups in total. The fraction of sp³-hybridized carbons (Fsp3) is 0.375. The summed E-state index contributed by atoms with van der Waals surface area (Å²) in [5, 5.41) is 14.0. The molecule has 1 fully saturated rings. The number of hydrogen-bond acceptors (Lipinski definition) is 7. The minimum absolute atomic E-state index is 0.119. The van der Waals surface area contributed by atoms with Gasteiger partial charge in [-0.15, -0.1) is 0 Å². The fourth-order valence-corrected chi connectivity index (χ4v) is 3.51. The van der Waals surface area contributed by atoms with Crippen molar-refractivity contribution in [3.63, 3.8) is 0 Å². The van der Waals surface area contributed by atoms with Crippen molar-refractivity contribution in [1.82, 2.24) is 10.6 Å². The van der Waals surface area contributed by atoms with E-state index < -0.39 is 5.97 Å². The van der Waals surface area contributed by atoms with E-state index in [0.717, 1.165) is 11.1 Å². The maximum Gasteiger partial charge on any atom is 0.323 e. The fourth-order valence-electron chi connectivity index (χ4n) is 3.51. The first-order valence-electron chi connectivity index (χ1n) is 10.7. The lowest BCUT2D eigenvalue weighted by atomic mass is 10.1. The number of carbonyl (C=O) groups excluding carboxylic acids is 2. The van der Waals surface area contributed by atoms with Gasteiger partial charge in [-0.1, -0.05) is 24.3 Å². The molecule has 0 bridgehead atoms. The van der Waals surface area contributed by atoms with Crippen molar-refractivity contribution in [2.75, 3.05) is 26.8 Å². The van der Waals surface area contributed by atoms with Crippen molar-refractivity contribution in [2.45, 2.75) is 31.4 Å². The molecule has 9 heteroatoms. The van der Waals surface area contributed by atoms with E-state index in [2.05, 4.69) is 10.6 Å². The summed E-state index contributed by atoms with van der Waals surface area (Å²) in [6.45, 7) is 0.526. The number of hydrogen-bond donors (Lipinski definition) is 3. The van der Waals surface area contributed by atoms with Crippen LogP contribution in [0.2, 0.25) is 0 Å². The molecule has 3 rings (SSSR count). The van der Waals surface area contributed by atoms with Gasteiger partial charge in [0.25, 0.3) is 0 Å². The van der Waals surface area contributed by atoms with Crippen LogP contribution in [0.3, 0.4) is 0 Å². The molecule has 0 aliphatic carbocycles. The van der Waals surface area contributed by atoms with Gasteiger partial charge in [0, 0.05) is 19.4 Å². The highest BCUT2D eigenvalue weighted by molar-refractivity contribution is 5.81. The summed E-state index contributed by atoms with van der Waals surface area (Å²) in [7, 11) is 1.37. The zero-order chi connectivity index (χ0) is 23.6. The Kier molecular flexibility index (Phi) is 8.65. The quantitative estimate of drug-likeness (QED) is 0.347. The van der Waals surface area contributed by atoms with E-state index in [4.69, 9.17) is 19.3 Å². The third-order valence-corrected chi connectivity index (χ3v) is 5.13. The Morgan fingerprint density at radius 3 is 2.48 bits per heavy atom. The van der Waals surface area contributed by atoms with Gasteiger partial charge >= 0.3 is 11.9 Å². The molecule has 1 saturated heterocycles. The molecule has 0 unspecified atom stereocenters. The highest BCUT2D eigenvalue weighted by Crippen LogP contribution is 2.28. The summed E-state index contributed by atoms with van der Waals surface area (Å²) in [5.74, 6) is -0.292. The highest BCUT2D eigenvalue weighted by Gasteiger charge is 2.31. The topological polar surface area (TPSA) is 123 Å². The van der Waals surface area contributed by atoms with E-state index in [1.165, 1.54) is 7.11 Å². The van der Waals surface area contributed by atoms with Crippen LogP contribution in [0, 0.1) is 0 Å². The average molecular weight is 456 g/mol. The predicted octanol–water partition coefficient (Wildman–Crippen LogP) is 2.00. The van der Waals surface area contributed by atoms with E-state index in [-0.39, 0.29) is 37.0 Å². The number of ether oxygens (including phenoxy) is 3. The summed E-state index contributed by atoms with van der Waals surface area (Å²) >= 11 is 0. The number of methoxy groups -OCH3 is 1. The molecule has 0 saturated carbocycles. The van der Waals surface area contributed by atoms with Crippen molar-refractivity contribution in [1.29, 1.82) is 0 Å². The number of benzene rings is 2. The van der Waals surface area contributed by atoms with Crippen LogP contribution in [0.5, 0.6) is 11.5 Å². The second-order valence-electron chi connectivity index (χ2n) is 7.64. The minimum atomic E-state index is -1.07. The van der Waals surface area contributed by atoms with E-state index in [0.29, 0.717) is 37.5 Å². The van der Waals surface area contributed by atoms with Crippen LogP contribution in [-0.2, 0) is 19.1 Å². The number of aliphatic carboxylic acids is 1.